The van der Waals surface area contributed by atoms with Crippen molar-refractivity contribution in [3.63, 3.8) is 0 Å². The van der Waals surface area contributed by atoms with E-state index in [-0.39, 0.29) is 32.5 Å². The summed E-state index contributed by atoms with van der Waals surface area (Å²) in [6, 6.07) is 30.0. The second kappa shape index (κ2) is 30.3. The number of halogens is 4. The first kappa shape index (κ1) is 52.2. The second-order valence-electron chi connectivity index (χ2n) is 14.9. The van der Waals surface area contributed by atoms with Gasteiger partial charge in [-0.05, 0) is 60.7 Å². The van der Waals surface area contributed by atoms with Gasteiger partial charge in [-0.25, -0.2) is 41.8 Å². The van der Waals surface area contributed by atoms with E-state index in [1.807, 2.05) is 60.7 Å². The van der Waals surface area contributed by atoms with E-state index in [0.717, 1.165) is 77.5 Å². The molecule has 4 rings (SSSR count). The molecule has 4 aromatic carbocycles. The summed E-state index contributed by atoms with van der Waals surface area (Å²) in [7, 11) is 0. The molecule has 0 atom stereocenters. The molecule has 0 radical (unpaired) electrons. The summed E-state index contributed by atoms with van der Waals surface area (Å²) in [5, 5.41) is 0. The maximum absolute atomic E-state index is 14.1. The minimum atomic E-state index is -0.638. The Kier molecular flexibility index (Phi) is 28.8. The van der Waals surface area contributed by atoms with Crippen LogP contribution >= 0.6 is 0 Å². The zero-order valence-electron chi connectivity index (χ0n) is 35.3. The quantitative estimate of drug-likeness (QED) is 0.0380. The summed E-state index contributed by atoms with van der Waals surface area (Å²) in [5.41, 5.74) is 1.24. The zero-order valence-corrected chi connectivity index (χ0v) is 36.9. The first-order valence-electron chi connectivity index (χ1n) is 20.5. The third-order valence-corrected chi connectivity index (χ3v) is 10.6. The van der Waals surface area contributed by atoms with Crippen LogP contribution in [-0.4, -0.2) is 26.2 Å². The monoisotopic (exact) mass is 798 g/mol. The van der Waals surface area contributed by atoms with E-state index in [0.29, 0.717) is 11.4 Å². The van der Waals surface area contributed by atoms with Crippen LogP contribution in [0.15, 0.2) is 84.9 Å². The fourth-order valence-corrected chi connectivity index (χ4v) is 5.90. The maximum atomic E-state index is 14.1. The molecule has 0 saturated carbocycles. The number of hydrogen-bond donors (Lipinski definition) is 0. The summed E-state index contributed by atoms with van der Waals surface area (Å²) < 4.78 is 54.5. The third-order valence-electron chi connectivity index (χ3n) is 10.6. The standard InChI is InChI=1S/2C19H30F2N.2C5H5.Ti/c2*1-5-8-9-10-13-22(15-19(4,6-2)7-3)18-12-11-16(20)14-17(18)21;2*1-2-4-5-3-1;/h2*11-12H,5-10,13,15H2,1-4H3;2*1-5H;/q4*-1;+4. The van der Waals surface area contributed by atoms with E-state index in [2.05, 4.69) is 77.3 Å². The Morgan fingerprint density at radius 1 is 0.509 bits per heavy atom. The van der Waals surface area contributed by atoms with Gasteiger partial charge >= 0.3 is 21.7 Å². The third kappa shape index (κ3) is 21.9. The topological polar surface area (TPSA) is 6.48 Å². The molecule has 0 aliphatic rings. The van der Waals surface area contributed by atoms with Gasteiger partial charge in [-0.15, -0.1) is 36.4 Å². The first-order chi connectivity index (χ1) is 25.9. The molecule has 0 fully saturated rings. The van der Waals surface area contributed by atoms with Crippen LogP contribution in [0.2, 0.25) is 0 Å². The van der Waals surface area contributed by atoms with Crippen molar-refractivity contribution in [1.29, 1.82) is 0 Å². The summed E-state index contributed by atoms with van der Waals surface area (Å²) in [5.74, 6) is -2.43. The van der Waals surface area contributed by atoms with E-state index in [9.17, 15) is 17.6 Å². The van der Waals surface area contributed by atoms with Gasteiger partial charge in [-0.2, -0.15) is 36.4 Å². The Balaban J connectivity index is 0.000000828. The molecule has 0 saturated heterocycles. The van der Waals surface area contributed by atoms with Crippen LogP contribution in [0.25, 0.3) is 0 Å². The number of unbranched alkanes of at least 4 members (excludes halogenated alkanes) is 6. The normalized spacial score (nSPS) is 10.8. The molecule has 2 nitrogen and oxygen atoms in total. The Bertz CT molecular complexity index is 1290. The molecule has 0 aliphatic heterocycles. The largest absolute Gasteiger partial charge is 4.00 e. The molecule has 0 bridgehead atoms. The van der Waals surface area contributed by atoms with Crippen LogP contribution in [0.3, 0.4) is 0 Å². The number of benzene rings is 2. The summed E-state index contributed by atoms with van der Waals surface area (Å²) in [4.78, 5) is 4.15. The van der Waals surface area contributed by atoms with Crippen molar-refractivity contribution in [3.05, 3.63) is 120 Å². The van der Waals surface area contributed by atoms with Gasteiger partial charge in [0.05, 0.1) is 0 Å². The van der Waals surface area contributed by atoms with E-state index in [4.69, 9.17) is 0 Å². The van der Waals surface area contributed by atoms with Gasteiger partial charge < -0.3 is 9.80 Å². The van der Waals surface area contributed by atoms with Crippen molar-refractivity contribution in [2.75, 3.05) is 36.0 Å². The zero-order chi connectivity index (χ0) is 40.2. The van der Waals surface area contributed by atoms with Gasteiger partial charge in [-0.3, -0.25) is 0 Å². The Morgan fingerprint density at radius 3 is 1.07 bits per heavy atom. The minimum absolute atomic E-state index is 0. The summed E-state index contributed by atoms with van der Waals surface area (Å²) >= 11 is 0. The molecule has 0 N–H and O–H groups in total. The molecule has 0 aromatic heterocycles. The maximum Gasteiger partial charge on any atom is 4.00 e. The number of nitrogens with zero attached hydrogens (tertiary/aromatic N) is 2. The van der Waals surface area contributed by atoms with E-state index < -0.39 is 23.3 Å². The van der Waals surface area contributed by atoms with Gasteiger partial charge in [-0.1, -0.05) is 93.9 Å². The minimum Gasteiger partial charge on any atom is -0.421 e. The predicted molar refractivity (Wildman–Crippen MR) is 225 cm³/mol. The van der Waals surface area contributed by atoms with Crippen molar-refractivity contribution in [3.8, 4) is 0 Å². The Hall–Kier alpha value is -2.83. The SMILES string of the molecule is CCCCCCN(CC(C)(CC)CC)c1ccc(F)[c-]c1F.CCCCCCN(CC(C)(CC)CC)c1ccc(F)[c-]c1F.[Ti+4].c1cc[cH-]c1.c1cc[cH-]c1. The second-order valence-corrected chi connectivity index (χ2v) is 14.9. The smallest absolute Gasteiger partial charge is 0.421 e. The average Bonchev–Trinajstić information content (AvgIpc) is 3.96. The first-order valence-corrected chi connectivity index (χ1v) is 20.5. The molecule has 0 heterocycles. The fourth-order valence-electron chi connectivity index (χ4n) is 5.90. The van der Waals surface area contributed by atoms with Gasteiger partial charge in [0.15, 0.2) is 0 Å². The molecular formula is C48H70F4N2Ti. The number of rotatable bonds is 20. The van der Waals surface area contributed by atoms with Gasteiger partial charge in [0.2, 0.25) is 0 Å². The summed E-state index contributed by atoms with van der Waals surface area (Å²) in [6.07, 6.45) is 13.3. The van der Waals surface area contributed by atoms with Crippen LogP contribution in [0.4, 0.5) is 28.9 Å². The average molecular weight is 799 g/mol. The van der Waals surface area contributed by atoms with Crippen molar-refractivity contribution in [1.82, 2.24) is 0 Å². The molecule has 0 amide bonds. The molecular weight excluding hydrogens is 728 g/mol. The van der Waals surface area contributed by atoms with E-state index in [1.54, 1.807) is 12.1 Å². The molecule has 304 valence electrons. The molecule has 55 heavy (non-hydrogen) atoms. The Labute approximate surface area is 348 Å². The van der Waals surface area contributed by atoms with Crippen molar-refractivity contribution in [2.24, 2.45) is 10.8 Å². The molecule has 7 heteroatoms. The van der Waals surface area contributed by atoms with Crippen LogP contribution in [-0.2, 0) is 21.7 Å². The van der Waals surface area contributed by atoms with Crippen molar-refractivity contribution in [2.45, 2.75) is 132 Å². The van der Waals surface area contributed by atoms with Crippen molar-refractivity contribution >= 4 is 11.4 Å². The van der Waals surface area contributed by atoms with E-state index >= 15 is 0 Å². The van der Waals surface area contributed by atoms with Gasteiger partial charge in [0.1, 0.15) is 0 Å². The van der Waals surface area contributed by atoms with Crippen LogP contribution in [0, 0.1) is 46.2 Å². The molecule has 0 unspecified atom stereocenters. The molecule has 0 aliphatic carbocycles. The number of hydrogen-bond acceptors (Lipinski definition) is 2. The molecule has 4 aromatic rings. The van der Waals surface area contributed by atoms with Gasteiger partial charge in [0, 0.05) is 49.4 Å². The Morgan fingerprint density at radius 2 is 0.836 bits per heavy atom. The van der Waals surface area contributed by atoms with Crippen LogP contribution in [0.1, 0.15) is 132 Å². The van der Waals surface area contributed by atoms with Crippen LogP contribution < -0.4 is 9.80 Å². The predicted octanol–water partition coefficient (Wildman–Crippen LogP) is 14.8. The summed E-state index contributed by atoms with van der Waals surface area (Å²) in [6.45, 7) is 20.7. The van der Waals surface area contributed by atoms with Gasteiger partial charge in [0.25, 0.3) is 0 Å². The van der Waals surface area contributed by atoms with Crippen molar-refractivity contribution < 1.29 is 39.3 Å². The number of anilines is 2. The fraction of sp³-hybridized carbons (Fsp3) is 0.542. The van der Waals surface area contributed by atoms with E-state index in [1.165, 1.54) is 37.8 Å². The molecule has 0 spiro atoms. The van der Waals surface area contributed by atoms with Crippen LogP contribution in [0.5, 0.6) is 0 Å².